The molecule has 2 atom stereocenters. The van der Waals surface area contributed by atoms with Gasteiger partial charge in [-0.1, -0.05) is 46.9 Å². The lowest BCUT2D eigenvalue weighted by atomic mass is 9.97. The van der Waals surface area contributed by atoms with Gasteiger partial charge in [0.25, 0.3) is 10.9 Å². The molecule has 8 nitrogen and oxygen atoms in total. The van der Waals surface area contributed by atoms with Gasteiger partial charge in [-0.2, -0.15) is 13.2 Å². The van der Waals surface area contributed by atoms with Crippen LogP contribution >= 0.6 is 34.8 Å². The quantitative estimate of drug-likeness (QED) is 0.289. The third-order valence-electron chi connectivity index (χ3n) is 8.22. The Bertz CT molecular complexity index is 1540. The number of aromatic nitrogens is 1. The van der Waals surface area contributed by atoms with Gasteiger partial charge in [-0.05, 0) is 57.5 Å². The summed E-state index contributed by atoms with van der Waals surface area (Å²) in [5, 5.41) is 6.21. The maximum Gasteiger partial charge on any atom is 0.405 e. The van der Waals surface area contributed by atoms with Crippen molar-refractivity contribution in [1.82, 2.24) is 14.8 Å². The van der Waals surface area contributed by atoms with Crippen LogP contribution in [0.1, 0.15) is 32.3 Å². The third-order valence-corrected chi connectivity index (χ3v) is 9.36. The molecule has 5 rings (SSSR count). The van der Waals surface area contributed by atoms with E-state index >= 15 is 0 Å². The monoisotopic (exact) mass is 658 g/mol. The minimum atomic E-state index is -4.54. The molecular weight excluding hydrogens is 628 g/mol. The van der Waals surface area contributed by atoms with Crippen molar-refractivity contribution in [2.75, 3.05) is 48.3 Å². The fourth-order valence-corrected chi connectivity index (χ4v) is 6.66. The van der Waals surface area contributed by atoms with E-state index in [2.05, 4.69) is 38.8 Å². The van der Waals surface area contributed by atoms with Crippen LogP contribution in [0.2, 0.25) is 15.1 Å². The molecule has 1 aromatic heterocycles. The number of halogens is 6. The van der Waals surface area contributed by atoms with Crippen LogP contribution < -0.4 is 26.4 Å². The number of anilines is 4. The SMILES string of the molecule is C[C@@H]1CN(c2ncc(Nc3c(NCC(F)(F)F)c(=O)c3=O)cc2Cl)[C@@H](C)CN1C1CCN(Cc2cccc(Cl)c2Cl)CC1. The van der Waals surface area contributed by atoms with Crippen molar-refractivity contribution in [1.29, 1.82) is 0 Å². The largest absolute Gasteiger partial charge is 0.405 e. The topological polar surface area (TPSA) is 80.8 Å². The first-order chi connectivity index (χ1) is 20.3. The Labute approximate surface area is 262 Å². The molecule has 3 aromatic rings. The Balaban J connectivity index is 1.19. The van der Waals surface area contributed by atoms with Crippen molar-refractivity contribution in [2.45, 2.75) is 57.5 Å². The second-order valence-electron chi connectivity index (χ2n) is 11.3. The zero-order valence-electron chi connectivity index (χ0n) is 23.6. The maximum absolute atomic E-state index is 12.6. The van der Waals surface area contributed by atoms with Crippen molar-refractivity contribution < 1.29 is 13.2 Å². The molecule has 0 unspecified atom stereocenters. The highest BCUT2D eigenvalue weighted by molar-refractivity contribution is 6.42. The summed E-state index contributed by atoms with van der Waals surface area (Å²) in [6.07, 6.45) is -0.987. The maximum atomic E-state index is 12.6. The van der Waals surface area contributed by atoms with E-state index in [1.54, 1.807) is 12.1 Å². The lowest BCUT2D eigenvalue weighted by Crippen LogP contribution is -2.61. The van der Waals surface area contributed by atoms with Crippen molar-refractivity contribution in [3.8, 4) is 0 Å². The molecule has 2 N–H and O–H groups in total. The van der Waals surface area contributed by atoms with E-state index < -0.39 is 29.3 Å². The molecule has 232 valence electrons. The Morgan fingerprint density at radius 1 is 0.977 bits per heavy atom. The number of hydrogen-bond acceptors (Lipinski definition) is 8. The zero-order chi connectivity index (χ0) is 31.1. The van der Waals surface area contributed by atoms with E-state index in [0.29, 0.717) is 39.2 Å². The van der Waals surface area contributed by atoms with Gasteiger partial charge in [-0.25, -0.2) is 4.98 Å². The van der Waals surface area contributed by atoms with Crippen LogP contribution in [-0.4, -0.2) is 71.8 Å². The van der Waals surface area contributed by atoms with Crippen LogP contribution in [0.25, 0.3) is 0 Å². The first-order valence-corrected chi connectivity index (χ1v) is 15.2. The van der Waals surface area contributed by atoms with Gasteiger partial charge in [0.15, 0.2) is 0 Å². The highest BCUT2D eigenvalue weighted by atomic mass is 35.5. The number of likely N-dealkylation sites (tertiary alicyclic amines) is 1. The van der Waals surface area contributed by atoms with Crippen LogP contribution in [0.5, 0.6) is 0 Å². The summed E-state index contributed by atoms with van der Waals surface area (Å²) in [5.41, 5.74) is -1.21. The van der Waals surface area contributed by atoms with E-state index in [1.807, 2.05) is 17.4 Å². The number of benzene rings is 1. The summed E-state index contributed by atoms with van der Waals surface area (Å²) in [6, 6.07) is 8.12. The Morgan fingerprint density at radius 3 is 2.35 bits per heavy atom. The first-order valence-electron chi connectivity index (χ1n) is 14.1. The van der Waals surface area contributed by atoms with Crippen LogP contribution in [0.15, 0.2) is 40.1 Å². The number of pyridine rings is 1. The molecule has 0 aliphatic carbocycles. The van der Waals surface area contributed by atoms with Gasteiger partial charge in [0.1, 0.15) is 23.7 Å². The van der Waals surface area contributed by atoms with E-state index in [0.717, 1.165) is 44.6 Å². The van der Waals surface area contributed by atoms with Crippen molar-refractivity contribution in [2.24, 2.45) is 0 Å². The van der Waals surface area contributed by atoms with Gasteiger partial charge in [-0.3, -0.25) is 19.4 Å². The molecule has 0 saturated carbocycles. The zero-order valence-corrected chi connectivity index (χ0v) is 25.9. The molecule has 0 amide bonds. The van der Waals surface area contributed by atoms with E-state index in [-0.39, 0.29) is 17.8 Å². The Kier molecular flexibility index (Phi) is 9.48. The fourth-order valence-electron chi connectivity index (χ4n) is 6.00. The highest BCUT2D eigenvalue weighted by Gasteiger charge is 2.36. The molecular formula is C29H32Cl3F3N6O2. The minimum Gasteiger partial charge on any atom is -0.371 e. The molecule has 14 heteroatoms. The lowest BCUT2D eigenvalue weighted by Gasteiger charge is -2.49. The summed E-state index contributed by atoms with van der Waals surface area (Å²) in [7, 11) is 0. The minimum absolute atomic E-state index is 0.120. The lowest BCUT2D eigenvalue weighted by molar-refractivity contribution is -0.115. The van der Waals surface area contributed by atoms with Crippen LogP contribution in [0.4, 0.5) is 36.1 Å². The molecule has 0 spiro atoms. The van der Waals surface area contributed by atoms with E-state index in [9.17, 15) is 22.8 Å². The number of nitrogens with zero attached hydrogens (tertiary/aromatic N) is 4. The van der Waals surface area contributed by atoms with Gasteiger partial charge < -0.3 is 15.5 Å². The summed E-state index contributed by atoms with van der Waals surface area (Å²) in [5.74, 6) is 0.583. The normalized spacial score (nSPS) is 21.0. The molecule has 0 radical (unpaired) electrons. The van der Waals surface area contributed by atoms with Gasteiger partial charge in [0.2, 0.25) is 0 Å². The van der Waals surface area contributed by atoms with Crippen molar-refractivity contribution in [3.63, 3.8) is 0 Å². The summed E-state index contributed by atoms with van der Waals surface area (Å²) in [4.78, 5) is 35.4. The third kappa shape index (κ3) is 7.06. The predicted octanol–water partition coefficient (Wildman–Crippen LogP) is 5.92. The second-order valence-corrected chi connectivity index (χ2v) is 12.5. The number of nitrogens with one attached hydrogen (secondary N) is 2. The van der Waals surface area contributed by atoms with Gasteiger partial charge in [-0.15, -0.1) is 0 Å². The number of alkyl halides is 3. The van der Waals surface area contributed by atoms with Crippen LogP contribution in [-0.2, 0) is 6.54 Å². The average molecular weight is 660 g/mol. The summed E-state index contributed by atoms with van der Waals surface area (Å²) >= 11 is 19.2. The number of piperazine rings is 1. The van der Waals surface area contributed by atoms with Gasteiger partial charge in [0.05, 0.1) is 27.0 Å². The number of rotatable bonds is 8. The molecule has 0 bridgehead atoms. The first kappa shape index (κ1) is 31.8. The Morgan fingerprint density at radius 2 is 1.67 bits per heavy atom. The van der Waals surface area contributed by atoms with E-state index in [1.165, 1.54) is 6.20 Å². The van der Waals surface area contributed by atoms with Gasteiger partial charge in [0, 0.05) is 37.8 Å². The standard InChI is InChI=1S/C29H32Cl3F3N6O2/c1-16-13-41(17(2)12-40(16)20-6-8-39(9-7-20)14-18-4-3-5-21(30)23(18)32)28-22(31)10-19(11-36-28)38-25-24(26(42)27(25)43)37-15-29(33,34)35/h3-5,10-11,16-17,20,37-38H,6-9,12-15H2,1-2H3/t16-,17+/m1/s1. The highest BCUT2D eigenvalue weighted by Crippen LogP contribution is 2.34. The van der Waals surface area contributed by atoms with E-state index in [4.69, 9.17) is 34.8 Å². The second kappa shape index (κ2) is 12.8. The number of hydrogen-bond donors (Lipinski definition) is 2. The fraction of sp³-hybridized carbons (Fsp3) is 0.483. The molecule has 3 heterocycles. The predicted molar refractivity (Wildman–Crippen MR) is 166 cm³/mol. The van der Waals surface area contributed by atoms with Crippen LogP contribution in [0, 0.1) is 0 Å². The van der Waals surface area contributed by atoms with Crippen molar-refractivity contribution in [3.05, 3.63) is 71.5 Å². The molecule has 43 heavy (non-hydrogen) atoms. The molecule has 2 aromatic carbocycles. The number of piperidine rings is 1. The molecule has 2 saturated heterocycles. The molecule has 2 fully saturated rings. The average Bonchev–Trinajstić information content (AvgIpc) is 2.96. The van der Waals surface area contributed by atoms with Crippen LogP contribution in [0.3, 0.4) is 0 Å². The smallest absolute Gasteiger partial charge is 0.371 e. The van der Waals surface area contributed by atoms with Crippen molar-refractivity contribution >= 4 is 57.7 Å². The molecule has 2 aliphatic rings. The summed E-state index contributed by atoms with van der Waals surface area (Å²) in [6.45, 7) is 7.15. The molecule has 2 aliphatic heterocycles. The Hall–Kier alpha value is -2.57. The summed E-state index contributed by atoms with van der Waals surface area (Å²) < 4.78 is 37.8. The van der Waals surface area contributed by atoms with Gasteiger partial charge >= 0.3 is 6.18 Å².